The van der Waals surface area contributed by atoms with Crippen LogP contribution in [-0.2, 0) is 17.9 Å². The molecule has 1 aliphatic carbocycles. The van der Waals surface area contributed by atoms with Gasteiger partial charge >= 0.3 is 0 Å². The van der Waals surface area contributed by atoms with Gasteiger partial charge in [0.25, 0.3) is 0 Å². The fraction of sp³-hybridized carbons (Fsp3) is 0.312. The minimum Gasteiger partial charge on any atom is -0.326 e. The van der Waals surface area contributed by atoms with Crippen LogP contribution in [0.1, 0.15) is 24.0 Å². The molecule has 0 unspecified atom stereocenters. The molecule has 1 aromatic carbocycles. The number of benzene rings is 1. The van der Waals surface area contributed by atoms with Crippen molar-refractivity contribution in [2.45, 2.75) is 25.9 Å². The number of thiophene rings is 1. The summed E-state index contributed by atoms with van der Waals surface area (Å²) < 4.78 is 1.16. The molecule has 0 atom stereocenters. The summed E-state index contributed by atoms with van der Waals surface area (Å²) in [6, 6.07) is 10.2. The van der Waals surface area contributed by atoms with Crippen LogP contribution in [0.2, 0.25) is 0 Å². The van der Waals surface area contributed by atoms with Gasteiger partial charge in [-0.15, -0.1) is 23.7 Å². The number of halogens is 2. The quantitative estimate of drug-likeness (QED) is 0.744. The Labute approximate surface area is 149 Å². The Bertz CT molecular complexity index is 643. The van der Waals surface area contributed by atoms with Gasteiger partial charge in [-0.25, -0.2) is 0 Å². The normalized spacial score (nSPS) is 13.5. The maximum Gasteiger partial charge on any atom is 0.227 e. The van der Waals surface area contributed by atoms with E-state index in [0.29, 0.717) is 0 Å². The summed E-state index contributed by atoms with van der Waals surface area (Å²) in [5.41, 5.74) is 3.35. The number of carbonyl (C=O) groups excluding carboxylic acids is 1. The van der Waals surface area contributed by atoms with Crippen LogP contribution < -0.4 is 10.6 Å². The maximum atomic E-state index is 11.8. The van der Waals surface area contributed by atoms with Crippen molar-refractivity contribution in [3.63, 3.8) is 0 Å². The van der Waals surface area contributed by atoms with Gasteiger partial charge in [-0.1, -0.05) is 12.1 Å². The van der Waals surface area contributed by atoms with Crippen LogP contribution in [0.3, 0.4) is 0 Å². The topological polar surface area (TPSA) is 41.1 Å². The number of amides is 1. The van der Waals surface area contributed by atoms with Crippen LogP contribution in [-0.4, -0.2) is 5.91 Å². The van der Waals surface area contributed by atoms with Crippen molar-refractivity contribution in [1.82, 2.24) is 5.32 Å². The standard InChI is InChI=1S/C16H17BrN2OS.ClH/c17-15-7-12(10-21-15)9-18-8-11-2-1-3-14(6-11)19-16(20)13-4-5-13;/h1-3,6-7,10,13,18H,4-5,8-9H2,(H,19,20);1H. The Hall–Kier alpha value is -0.880. The molecule has 2 aromatic rings. The van der Waals surface area contributed by atoms with Crippen LogP contribution in [0.5, 0.6) is 0 Å². The first-order chi connectivity index (χ1) is 10.2. The molecule has 1 aliphatic rings. The average Bonchev–Trinajstić information content (AvgIpc) is 3.23. The molecule has 0 bridgehead atoms. The van der Waals surface area contributed by atoms with E-state index in [4.69, 9.17) is 0 Å². The summed E-state index contributed by atoms with van der Waals surface area (Å²) in [7, 11) is 0. The van der Waals surface area contributed by atoms with Gasteiger partial charge in [-0.3, -0.25) is 4.79 Å². The molecule has 0 saturated heterocycles. The third-order valence-electron chi connectivity index (χ3n) is 3.42. The summed E-state index contributed by atoms with van der Waals surface area (Å²) in [5.74, 6) is 0.395. The molecule has 1 aromatic heterocycles. The van der Waals surface area contributed by atoms with E-state index < -0.39 is 0 Å². The Morgan fingerprint density at radius 1 is 1.23 bits per heavy atom. The van der Waals surface area contributed by atoms with Gasteiger partial charge in [0.2, 0.25) is 5.91 Å². The number of anilines is 1. The fourth-order valence-corrected chi connectivity index (χ4v) is 3.35. The molecule has 1 saturated carbocycles. The SMILES string of the molecule is Cl.O=C(Nc1cccc(CNCc2csc(Br)c2)c1)C1CC1. The largest absolute Gasteiger partial charge is 0.326 e. The molecule has 1 heterocycles. The monoisotopic (exact) mass is 400 g/mol. The van der Waals surface area contributed by atoms with Crippen LogP contribution >= 0.6 is 39.7 Å². The predicted octanol–water partition coefficient (Wildman–Crippen LogP) is 4.57. The van der Waals surface area contributed by atoms with E-state index in [0.717, 1.165) is 35.4 Å². The van der Waals surface area contributed by atoms with Crippen molar-refractivity contribution < 1.29 is 4.79 Å². The third-order valence-corrected chi connectivity index (χ3v) is 4.98. The van der Waals surface area contributed by atoms with Crippen LogP contribution in [0.4, 0.5) is 5.69 Å². The first kappa shape index (κ1) is 17.5. The molecule has 2 N–H and O–H groups in total. The first-order valence-corrected chi connectivity index (χ1v) is 8.71. The summed E-state index contributed by atoms with van der Waals surface area (Å²) in [6.07, 6.45) is 2.06. The molecular weight excluding hydrogens is 384 g/mol. The van der Waals surface area contributed by atoms with Gasteiger partial charge in [0.15, 0.2) is 0 Å². The lowest BCUT2D eigenvalue weighted by molar-refractivity contribution is -0.117. The minimum atomic E-state index is 0. The second kappa shape index (κ2) is 8.11. The minimum absolute atomic E-state index is 0. The van der Waals surface area contributed by atoms with E-state index in [2.05, 4.69) is 44.1 Å². The van der Waals surface area contributed by atoms with Crippen molar-refractivity contribution in [2.24, 2.45) is 5.92 Å². The van der Waals surface area contributed by atoms with Crippen molar-refractivity contribution in [2.75, 3.05) is 5.32 Å². The highest BCUT2D eigenvalue weighted by Crippen LogP contribution is 2.30. The van der Waals surface area contributed by atoms with E-state index in [1.807, 2.05) is 18.2 Å². The molecule has 3 rings (SSSR count). The number of hydrogen-bond donors (Lipinski definition) is 2. The fourth-order valence-electron chi connectivity index (χ4n) is 2.14. The molecule has 3 nitrogen and oxygen atoms in total. The smallest absolute Gasteiger partial charge is 0.227 e. The Kier molecular flexibility index (Phi) is 6.44. The Morgan fingerprint density at radius 2 is 2.00 bits per heavy atom. The van der Waals surface area contributed by atoms with Crippen molar-refractivity contribution in [1.29, 1.82) is 0 Å². The lowest BCUT2D eigenvalue weighted by Gasteiger charge is -2.08. The van der Waals surface area contributed by atoms with Gasteiger partial charge in [0, 0.05) is 24.7 Å². The third kappa shape index (κ3) is 5.09. The predicted molar refractivity (Wildman–Crippen MR) is 97.6 cm³/mol. The molecule has 6 heteroatoms. The van der Waals surface area contributed by atoms with E-state index >= 15 is 0 Å². The van der Waals surface area contributed by atoms with E-state index in [-0.39, 0.29) is 24.2 Å². The Morgan fingerprint density at radius 3 is 2.68 bits per heavy atom. The summed E-state index contributed by atoms with van der Waals surface area (Å²) in [6.45, 7) is 1.64. The second-order valence-electron chi connectivity index (χ2n) is 5.33. The van der Waals surface area contributed by atoms with Crippen molar-refractivity contribution in [3.8, 4) is 0 Å². The lowest BCUT2D eigenvalue weighted by atomic mass is 10.2. The van der Waals surface area contributed by atoms with Gasteiger partial charge in [-0.05, 0) is 63.5 Å². The van der Waals surface area contributed by atoms with Crippen LogP contribution in [0.25, 0.3) is 0 Å². The molecule has 22 heavy (non-hydrogen) atoms. The molecule has 0 radical (unpaired) electrons. The van der Waals surface area contributed by atoms with Gasteiger partial charge in [-0.2, -0.15) is 0 Å². The molecule has 1 fully saturated rings. The summed E-state index contributed by atoms with van der Waals surface area (Å²) >= 11 is 5.17. The number of carbonyl (C=O) groups is 1. The second-order valence-corrected chi connectivity index (χ2v) is 7.62. The van der Waals surface area contributed by atoms with Crippen molar-refractivity contribution >= 4 is 51.3 Å². The van der Waals surface area contributed by atoms with E-state index in [1.165, 1.54) is 11.1 Å². The van der Waals surface area contributed by atoms with Crippen LogP contribution in [0.15, 0.2) is 39.5 Å². The number of nitrogens with one attached hydrogen (secondary N) is 2. The zero-order valence-corrected chi connectivity index (χ0v) is 15.2. The molecule has 118 valence electrons. The highest BCUT2D eigenvalue weighted by molar-refractivity contribution is 9.11. The highest BCUT2D eigenvalue weighted by Gasteiger charge is 2.29. The molecule has 0 spiro atoms. The van der Waals surface area contributed by atoms with Gasteiger partial charge in [0.1, 0.15) is 0 Å². The van der Waals surface area contributed by atoms with E-state index in [1.54, 1.807) is 11.3 Å². The number of hydrogen-bond acceptors (Lipinski definition) is 3. The molecular formula is C16H18BrClN2OS. The zero-order chi connectivity index (χ0) is 14.7. The average molecular weight is 402 g/mol. The van der Waals surface area contributed by atoms with Gasteiger partial charge in [0.05, 0.1) is 3.79 Å². The summed E-state index contributed by atoms with van der Waals surface area (Å²) in [4.78, 5) is 11.8. The highest BCUT2D eigenvalue weighted by atomic mass is 79.9. The van der Waals surface area contributed by atoms with Crippen molar-refractivity contribution in [3.05, 3.63) is 50.6 Å². The van der Waals surface area contributed by atoms with Gasteiger partial charge < -0.3 is 10.6 Å². The first-order valence-electron chi connectivity index (χ1n) is 7.04. The van der Waals surface area contributed by atoms with Crippen LogP contribution in [0, 0.1) is 5.92 Å². The molecule has 0 aliphatic heterocycles. The molecule has 1 amide bonds. The summed E-state index contributed by atoms with van der Waals surface area (Å²) in [5, 5.41) is 8.55. The number of rotatable bonds is 6. The maximum absolute atomic E-state index is 11.8. The lowest BCUT2D eigenvalue weighted by Crippen LogP contribution is -2.15. The van der Waals surface area contributed by atoms with E-state index in [9.17, 15) is 4.79 Å². The zero-order valence-electron chi connectivity index (χ0n) is 12.0. The Balaban J connectivity index is 0.00000176.